The third kappa shape index (κ3) is 30.6. The van der Waals surface area contributed by atoms with E-state index in [2.05, 4.69) is 331 Å². The van der Waals surface area contributed by atoms with Crippen molar-refractivity contribution in [2.45, 2.75) is 138 Å². The number of halogens is 4. The van der Waals surface area contributed by atoms with Crippen molar-refractivity contribution in [1.29, 1.82) is 0 Å². The molecule has 26 heteroatoms. The zero-order valence-electron chi connectivity index (χ0n) is 83.1. The molecule has 0 radical (unpaired) electrons. The zero-order chi connectivity index (χ0) is 101. The Kier molecular flexibility index (Phi) is 35.5. The number of esters is 1. The number of methoxy groups -OCH3 is 1. The summed E-state index contributed by atoms with van der Waals surface area (Å²) >= 11 is 3.51. The number of carbonyl (C=O) groups excluding carboxylic acids is 1. The van der Waals surface area contributed by atoms with Crippen LogP contribution < -0.4 is 0 Å². The van der Waals surface area contributed by atoms with E-state index >= 15 is 0 Å². The second-order valence-electron chi connectivity index (χ2n) is 36.9. The van der Waals surface area contributed by atoms with Crippen molar-refractivity contribution >= 4 is 65.5 Å². The lowest BCUT2D eigenvalue weighted by atomic mass is 10.1. The second-order valence-corrected chi connectivity index (χ2v) is 37.9. The number of aromatic nitrogens is 16. The van der Waals surface area contributed by atoms with Gasteiger partial charge in [-0.15, -0.1) is 40.8 Å². The van der Waals surface area contributed by atoms with E-state index in [9.17, 15) is 18.0 Å². The number of ether oxygens (including phenoxy) is 1. The number of alkyl halides is 3. The SMILES string of the molecule is COC(=O)c1ccc(Cn2cnnc2CN(CCc2ccc(C)cc2)Cc2ccc3ccccc3n2)cc1.Cc1ccc(CCN(Cc2ccc3ccccc3n2)Cc2nncn2CC#Cc2ccccc2)cc1.Cc1ccc(CCN(Cc2ccc3ccccc3n2)Cc2nncn2Cc2ccc(Br)cc2)cc1.Cc1ccc(CCN(Cc2ccc3ccccc3n2)Cc2nncn2Cc2ccc(C(F)(F)F)cc2)cc1. The maximum absolute atomic E-state index is 12.9. The summed E-state index contributed by atoms with van der Waals surface area (Å²) in [6.07, 6.45) is 6.33. The molecule has 0 saturated carbocycles. The minimum Gasteiger partial charge on any atom is -0.465 e. The van der Waals surface area contributed by atoms with Gasteiger partial charge < -0.3 is 23.0 Å². The van der Waals surface area contributed by atoms with Gasteiger partial charge >= 0.3 is 12.1 Å². The van der Waals surface area contributed by atoms with Crippen LogP contribution in [-0.2, 0) is 115 Å². The second kappa shape index (κ2) is 51.0. The van der Waals surface area contributed by atoms with Crippen molar-refractivity contribution < 1.29 is 22.7 Å². The van der Waals surface area contributed by atoms with E-state index in [0.717, 1.165) is 194 Å². The quantitative estimate of drug-likeness (QED) is 0.0264. The largest absolute Gasteiger partial charge is 0.465 e. The first kappa shape index (κ1) is 102. The van der Waals surface area contributed by atoms with Crippen molar-refractivity contribution in [1.82, 2.24) is 98.6 Å². The molecule has 22 nitrogen and oxygen atoms in total. The van der Waals surface area contributed by atoms with Gasteiger partial charge in [-0.25, -0.2) is 4.79 Å². The van der Waals surface area contributed by atoms with Crippen LogP contribution in [0.2, 0.25) is 0 Å². The number of aryl methyl sites for hydroxylation is 4. The van der Waals surface area contributed by atoms with Crippen molar-refractivity contribution in [3.8, 4) is 11.8 Å². The molecule has 0 spiro atoms. The third-order valence-electron chi connectivity index (χ3n) is 25.6. The average Bonchev–Trinajstić information content (AvgIpc) is 1.63. The Morgan fingerprint density at radius 2 is 0.599 bits per heavy atom. The van der Waals surface area contributed by atoms with Crippen molar-refractivity contribution in [3.05, 3.63) is 500 Å². The molecule has 740 valence electrons. The molecule has 0 atom stereocenters. The number of para-hydroxylation sites is 4. The number of nitrogens with zero attached hydrogens (tertiary/aromatic N) is 20. The van der Waals surface area contributed by atoms with E-state index in [1.54, 1.807) is 31.1 Å². The molecule has 0 saturated heterocycles. The molecule has 0 unspecified atom stereocenters. The van der Waals surface area contributed by atoms with E-state index in [1.807, 2.05) is 119 Å². The van der Waals surface area contributed by atoms with E-state index in [-0.39, 0.29) is 5.97 Å². The molecule has 20 rings (SSSR count). The molecule has 0 aliphatic heterocycles. The van der Waals surface area contributed by atoms with Crippen LogP contribution in [0.3, 0.4) is 0 Å². The Morgan fingerprint density at radius 1 is 0.320 bits per heavy atom. The fourth-order valence-electron chi connectivity index (χ4n) is 17.3. The van der Waals surface area contributed by atoms with Crippen molar-refractivity contribution in [2.75, 3.05) is 33.3 Å². The van der Waals surface area contributed by atoms with E-state index in [0.29, 0.717) is 64.5 Å². The summed E-state index contributed by atoms with van der Waals surface area (Å²) < 4.78 is 52.8. The topological polar surface area (TPSA) is 214 Å². The molecule has 0 bridgehead atoms. The lowest BCUT2D eigenvalue weighted by Gasteiger charge is -2.22. The number of fused-ring (bicyclic) bond motifs is 4. The van der Waals surface area contributed by atoms with E-state index in [4.69, 9.17) is 24.7 Å². The standard InChI is InChI=1S/C31H31N5O2.C31H29N5.C30H28F3N5.C29H28BrN5/c1-23-7-9-24(10-8-23)17-18-35(20-28-16-15-26-5-3-4-6-29(26)33-28)21-30-34-32-22-36(30)19-25-11-13-27(14-12-25)31(37)38-2;1-25-13-15-27(16-14-25)19-21-35(22-29-18-17-28-11-5-6-12-30(28)33-29)23-31-34-32-24-36(31)20-7-10-26-8-3-2-4-9-26;1-22-6-8-23(9-7-22)16-17-37(19-27-15-12-25-4-2-3-5-28(25)35-27)20-29-36-34-21-38(29)18-24-10-13-26(14-11-24)30(31,32)33;1-22-6-8-23(9-7-22)16-17-34(19-27-15-12-25-4-2-3-5-28(25)32-27)20-29-33-31-21-35(29)18-24-10-13-26(30)14-11-24/h3-16,22H,17-21H2,1-2H3;2-6,8-9,11-18,24H,19-23H2,1H3;2-15,21H,16-20H2,1H3;2-15,21H,16-20H2,1H3. The molecule has 20 aromatic rings. The normalized spacial score (nSPS) is 11.4. The van der Waals surface area contributed by atoms with Crippen LogP contribution in [0.4, 0.5) is 13.2 Å². The molecule has 0 aliphatic carbocycles. The van der Waals surface area contributed by atoms with E-state index in [1.165, 1.54) is 69.3 Å². The maximum Gasteiger partial charge on any atom is 0.416 e. The van der Waals surface area contributed by atoms with Gasteiger partial charge in [-0.1, -0.05) is 299 Å². The Bertz CT molecular complexity index is 7710. The summed E-state index contributed by atoms with van der Waals surface area (Å²) in [6.45, 7) is 19.5. The molecule has 0 fully saturated rings. The Hall–Kier alpha value is -16.0. The summed E-state index contributed by atoms with van der Waals surface area (Å²) in [7, 11) is 1.39. The van der Waals surface area contributed by atoms with Gasteiger partial charge in [-0.2, -0.15) is 13.2 Å². The highest BCUT2D eigenvalue weighted by atomic mass is 79.9. The molecular formula is C121H116BrF3N20O2. The molecule has 0 aliphatic rings. The number of carbonyl (C=O) groups is 1. The highest BCUT2D eigenvalue weighted by molar-refractivity contribution is 9.10. The third-order valence-corrected chi connectivity index (χ3v) is 26.2. The highest BCUT2D eigenvalue weighted by Crippen LogP contribution is 2.31. The molecule has 8 heterocycles. The Morgan fingerprint density at radius 3 is 0.912 bits per heavy atom. The van der Waals surface area contributed by atoms with Crippen LogP contribution in [0.15, 0.2) is 376 Å². The molecule has 0 amide bonds. The smallest absolute Gasteiger partial charge is 0.416 e. The van der Waals surface area contributed by atoms with Crippen LogP contribution in [-0.4, -0.2) is 138 Å². The minimum atomic E-state index is -4.35. The molecule has 12 aromatic carbocycles. The average molecular weight is 2020 g/mol. The Balaban J connectivity index is 0.000000134. The predicted octanol–water partition coefficient (Wildman–Crippen LogP) is 23.3. The number of benzene rings is 12. The van der Waals surface area contributed by atoms with Crippen LogP contribution in [0, 0.1) is 39.5 Å². The van der Waals surface area contributed by atoms with Gasteiger partial charge in [0.2, 0.25) is 0 Å². The van der Waals surface area contributed by atoms with Gasteiger partial charge in [0, 0.05) is 83.9 Å². The predicted molar refractivity (Wildman–Crippen MR) is 577 cm³/mol. The molecular weight excluding hydrogens is 1900 g/mol. The summed E-state index contributed by atoms with van der Waals surface area (Å²) in [6, 6.07) is 116. The summed E-state index contributed by atoms with van der Waals surface area (Å²) in [5, 5.41) is 38.9. The zero-order valence-corrected chi connectivity index (χ0v) is 84.7. The first-order valence-electron chi connectivity index (χ1n) is 49.3. The van der Waals surface area contributed by atoms with Gasteiger partial charge in [0.1, 0.15) is 48.6 Å². The van der Waals surface area contributed by atoms with Gasteiger partial charge in [-0.3, -0.25) is 39.5 Å². The van der Waals surface area contributed by atoms with Gasteiger partial charge in [0.05, 0.1) is 115 Å². The summed E-state index contributed by atoms with van der Waals surface area (Å²) in [5.41, 5.74) is 22.3. The fraction of sp³-hybridized carbons (Fsp3) is 0.215. The van der Waals surface area contributed by atoms with E-state index < -0.39 is 11.7 Å². The Labute approximate surface area is 863 Å². The molecule has 0 N–H and O–H groups in total. The van der Waals surface area contributed by atoms with Crippen LogP contribution in [0.5, 0.6) is 0 Å². The van der Waals surface area contributed by atoms with Gasteiger partial charge in [0.25, 0.3) is 0 Å². The van der Waals surface area contributed by atoms with Crippen molar-refractivity contribution in [2.24, 2.45) is 0 Å². The molecule has 147 heavy (non-hydrogen) atoms. The number of rotatable bonds is 36. The highest BCUT2D eigenvalue weighted by Gasteiger charge is 2.30. The first-order valence-corrected chi connectivity index (χ1v) is 50.1. The number of pyridine rings is 4. The first-order chi connectivity index (χ1) is 71.7. The number of hydrogen-bond acceptors (Lipinski definition) is 18. The number of hydrogen-bond donors (Lipinski definition) is 0. The lowest BCUT2D eigenvalue weighted by Crippen LogP contribution is -2.27. The maximum atomic E-state index is 12.9. The summed E-state index contributed by atoms with van der Waals surface area (Å²) in [4.78, 5) is 40.8. The van der Waals surface area contributed by atoms with Crippen LogP contribution >= 0.6 is 15.9 Å². The molecule has 8 aromatic heterocycles. The lowest BCUT2D eigenvalue weighted by molar-refractivity contribution is -0.137. The van der Waals surface area contributed by atoms with Gasteiger partial charge in [-0.05, 0) is 189 Å². The van der Waals surface area contributed by atoms with Crippen LogP contribution in [0.1, 0.15) is 129 Å². The van der Waals surface area contributed by atoms with Gasteiger partial charge in [0.15, 0.2) is 0 Å². The summed E-state index contributed by atoms with van der Waals surface area (Å²) in [5.74, 6) is 9.62. The van der Waals surface area contributed by atoms with Crippen molar-refractivity contribution in [3.63, 3.8) is 0 Å². The fourth-order valence-corrected chi connectivity index (χ4v) is 17.5. The minimum absolute atomic E-state index is 0.340. The monoisotopic (exact) mass is 2020 g/mol. The van der Waals surface area contributed by atoms with Crippen LogP contribution in [0.25, 0.3) is 43.6 Å².